The van der Waals surface area contributed by atoms with Crippen LogP contribution in [0, 0.1) is 13.8 Å². The molecule has 1 aromatic heterocycles. The zero-order chi connectivity index (χ0) is 15.4. The first kappa shape index (κ1) is 14.6. The van der Waals surface area contributed by atoms with Crippen LogP contribution in [-0.4, -0.2) is 24.0 Å². The van der Waals surface area contributed by atoms with E-state index in [1.165, 1.54) is 7.11 Å². The minimum atomic E-state index is -0.462. The maximum atomic E-state index is 12.2. The number of rotatable bonds is 4. The maximum Gasteiger partial charge on any atom is 0.339 e. The molecule has 0 aliphatic carbocycles. The Morgan fingerprint density at radius 2 is 1.81 bits per heavy atom. The van der Waals surface area contributed by atoms with Gasteiger partial charge >= 0.3 is 5.97 Å². The second kappa shape index (κ2) is 6.13. The van der Waals surface area contributed by atoms with Crippen LogP contribution in [-0.2, 0) is 4.74 Å². The van der Waals surface area contributed by atoms with Crippen LogP contribution in [0.4, 0.5) is 5.69 Å². The van der Waals surface area contributed by atoms with Crippen LogP contribution >= 0.6 is 0 Å². The number of aromatic amines is 1. The molecule has 3 N–H and O–H groups in total. The number of carbonyl (C=O) groups excluding carboxylic acids is 2. The van der Waals surface area contributed by atoms with Crippen LogP contribution < -0.4 is 10.9 Å². The number of para-hydroxylation sites is 1. The zero-order valence-corrected chi connectivity index (χ0v) is 12.1. The largest absolute Gasteiger partial charge is 0.465 e. The molecule has 0 aliphatic rings. The Balaban J connectivity index is 2.15. The summed E-state index contributed by atoms with van der Waals surface area (Å²) in [5, 5.41) is 0. The zero-order valence-electron chi connectivity index (χ0n) is 12.1. The second-order valence-electron chi connectivity index (χ2n) is 4.56. The number of hydrogen-bond acceptors (Lipinski definition) is 4. The molecular formula is C15H17N3O3. The molecule has 0 saturated heterocycles. The van der Waals surface area contributed by atoms with Crippen molar-refractivity contribution in [3.05, 3.63) is 52.8 Å². The third kappa shape index (κ3) is 3.05. The van der Waals surface area contributed by atoms with Crippen molar-refractivity contribution in [1.82, 2.24) is 10.4 Å². The monoisotopic (exact) mass is 287 g/mol. The molecule has 21 heavy (non-hydrogen) atoms. The summed E-state index contributed by atoms with van der Waals surface area (Å²) in [6.45, 7) is 3.42. The summed E-state index contributed by atoms with van der Waals surface area (Å²) >= 11 is 0. The van der Waals surface area contributed by atoms with Crippen molar-refractivity contribution in [1.29, 1.82) is 0 Å². The van der Waals surface area contributed by atoms with E-state index in [4.69, 9.17) is 4.74 Å². The van der Waals surface area contributed by atoms with Crippen LogP contribution in [0.5, 0.6) is 0 Å². The molecule has 0 saturated carbocycles. The van der Waals surface area contributed by atoms with Crippen molar-refractivity contribution in [2.75, 3.05) is 12.5 Å². The van der Waals surface area contributed by atoms with Gasteiger partial charge in [-0.2, -0.15) is 0 Å². The summed E-state index contributed by atoms with van der Waals surface area (Å²) in [5.41, 5.74) is 8.04. The van der Waals surface area contributed by atoms with E-state index < -0.39 is 5.97 Å². The number of ether oxygens (including phenoxy) is 1. The molecule has 1 amide bonds. The lowest BCUT2D eigenvalue weighted by Gasteiger charge is -2.08. The van der Waals surface area contributed by atoms with Crippen LogP contribution in [0.2, 0.25) is 0 Å². The number of aryl methyl sites for hydroxylation is 1. The van der Waals surface area contributed by atoms with E-state index in [-0.39, 0.29) is 5.91 Å². The molecule has 2 aromatic rings. The maximum absolute atomic E-state index is 12.2. The number of carbonyl (C=O) groups is 2. The molecule has 0 atom stereocenters. The molecule has 6 nitrogen and oxygen atoms in total. The normalized spacial score (nSPS) is 10.0. The summed E-state index contributed by atoms with van der Waals surface area (Å²) in [7, 11) is 1.31. The number of aromatic nitrogens is 1. The molecule has 0 bridgehead atoms. The Hall–Kier alpha value is -2.76. The fourth-order valence-electron chi connectivity index (χ4n) is 2.10. The van der Waals surface area contributed by atoms with Gasteiger partial charge in [0.25, 0.3) is 5.91 Å². The smallest absolute Gasteiger partial charge is 0.339 e. The van der Waals surface area contributed by atoms with Crippen molar-refractivity contribution in [2.24, 2.45) is 0 Å². The molecule has 1 aromatic carbocycles. The van der Waals surface area contributed by atoms with Crippen LogP contribution in [0.15, 0.2) is 30.3 Å². The molecule has 6 heteroatoms. The minimum Gasteiger partial charge on any atom is -0.465 e. The van der Waals surface area contributed by atoms with Gasteiger partial charge in [-0.05, 0) is 31.5 Å². The Bertz CT molecular complexity index is 662. The number of amides is 1. The van der Waals surface area contributed by atoms with Crippen LogP contribution in [0.1, 0.15) is 32.1 Å². The van der Waals surface area contributed by atoms with Gasteiger partial charge in [-0.25, -0.2) is 4.79 Å². The van der Waals surface area contributed by atoms with E-state index in [2.05, 4.69) is 15.8 Å². The Kier molecular flexibility index (Phi) is 4.27. The van der Waals surface area contributed by atoms with Gasteiger partial charge in [0.2, 0.25) is 0 Å². The van der Waals surface area contributed by atoms with Gasteiger partial charge in [0, 0.05) is 5.69 Å². The molecule has 0 aliphatic heterocycles. The van der Waals surface area contributed by atoms with E-state index in [1.807, 2.05) is 30.3 Å². The van der Waals surface area contributed by atoms with E-state index in [1.54, 1.807) is 13.8 Å². The fourth-order valence-corrected chi connectivity index (χ4v) is 2.10. The van der Waals surface area contributed by atoms with Crippen molar-refractivity contribution in [3.63, 3.8) is 0 Å². The fraction of sp³-hybridized carbons (Fsp3) is 0.200. The van der Waals surface area contributed by atoms with Crippen molar-refractivity contribution in [3.8, 4) is 0 Å². The third-order valence-electron chi connectivity index (χ3n) is 3.15. The highest BCUT2D eigenvalue weighted by Gasteiger charge is 2.22. The SMILES string of the molecule is COC(=O)c1c(C)[nH]c(C(=O)NNc2ccccc2)c1C. The summed E-state index contributed by atoms with van der Waals surface area (Å²) in [6, 6.07) is 9.25. The Labute approximate surface area is 122 Å². The molecule has 0 fully saturated rings. The Morgan fingerprint density at radius 3 is 2.43 bits per heavy atom. The first-order valence-electron chi connectivity index (χ1n) is 6.43. The lowest BCUT2D eigenvalue weighted by Crippen LogP contribution is -2.30. The number of hydrogen-bond donors (Lipinski definition) is 3. The number of methoxy groups -OCH3 is 1. The number of nitrogens with one attached hydrogen (secondary N) is 3. The van der Waals surface area contributed by atoms with Gasteiger partial charge in [0.05, 0.1) is 18.4 Å². The van der Waals surface area contributed by atoms with E-state index in [9.17, 15) is 9.59 Å². The lowest BCUT2D eigenvalue weighted by atomic mass is 10.1. The van der Waals surface area contributed by atoms with E-state index in [0.717, 1.165) is 5.69 Å². The van der Waals surface area contributed by atoms with E-state index in [0.29, 0.717) is 22.5 Å². The predicted octanol–water partition coefficient (Wildman–Crippen LogP) is 2.18. The number of benzene rings is 1. The number of H-pyrrole nitrogens is 1. The van der Waals surface area contributed by atoms with Gasteiger partial charge in [-0.1, -0.05) is 18.2 Å². The number of esters is 1. The predicted molar refractivity (Wildman–Crippen MR) is 79.1 cm³/mol. The van der Waals surface area contributed by atoms with E-state index >= 15 is 0 Å². The first-order chi connectivity index (χ1) is 10.0. The van der Waals surface area contributed by atoms with Gasteiger partial charge in [-0.3, -0.25) is 15.6 Å². The first-order valence-corrected chi connectivity index (χ1v) is 6.43. The highest BCUT2D eigenvalue weighted by Crippen LogP contribution is 2.18. The molecule has 110 valence electrons. The van der Waals surface area contributed by atoms with Crippen LogP contribution in [0.3, 0.4) is 0 Å². The lowest BCUT2D eigenvalue weighted by molar-refractivity contribution is 0.0599. The molecular weight excluding hydrogens is 270 g/mol. The van der Waals surface area contributed by atoms with Gasteiger partial charge in [0.1, 0.15) is 5.69 Å². The number of anilines is 1. The van der Waals surface area contributed by atoms with Crippen molar-refractivity contribution >= 4 is 17.6 Å². The summed E-state index contributed by atoms with van der Waals surface area (Å²) in [5.74, 6) is -0.814. The summed E-state index contributed by atoms with van der Waals surface area (Å²) in [4.78, 5) is 26.8. The highest BCUT2D eigenvalue weighted by molar-refractivity contribution is 6.00. The Morgan fingerprint density at radius 1 is 1.14 bits per heavy atom. The summed E-state index contributed by atoms with van der Waals surface area (Å²) < 4.78 is 4.71. The molecule has 1 heterocycles. The second-order valence-corrected chi connectivity index (χ2v) is 4.56. The molecule has 2 rings (SSSR count). The van der Waals surface area contributed by atoms with Gasteiger partial charge in [0.15, 0.2) is 0 Å². The van der Waals surface area contributed by atoms with Crippen LogP contribution in [0.25, 0.3) is 0 Å². The topological polar surface area (TPSA) is 83.2 Å². The van der Waals surface area contributed by atoms with Gasteiger partial charge < -0.3 is 9.72 Å². The quantitative estimate of drug-likeness (QED) is 0.594. The molecule has 0 radical (unpaired) electrons. The van der Waals surface area contributed by atoms with Gasteiger partial charge in [-0.15, -0.1) is 0 Å². The third-order valence-corrected chi connectivity index (χ3v) is 3.15. The standard InChI is InChI=1S/C15H17N3O3/c1-9-12(15(20)21-3)10(2)16-13(9)14(19)18-17-11-7-5-4-6-8-11/h4-8,16-17H,1-3H3,(H,18,19). The van der Waals surface area contributed by atoms with Crippen molar-refractivity contribution < 1.29 is 14.3 Å². The molecule has 0 unspecified atom stereocenters. The summed E-state index contributed by atoms with van der Waals surface area (Å²) in [6.07, 6.45) is 0. The molecule has 0 spiro atoms. The average Bonchev–Trinajstić information content (AvgIpc) is 2.80. The van der Waals surface area contributed by atoms with Crippen molar-refractivity contribution in [2.45, 2.75) is 13.8 Å². The average molecular weight is 287 g/mol. The number of hydrazine groups is 1. The minimum absolute atomic E-state index is 0.330. The highest BCUT2D eigenvalue weighted by atomic mass is 16.5.